The molecule has 0 amide bonds. The Morgan fingerprint density at radius 2 is 1.84 bits per heavy atom. The number of aromatic nitrogens is 3. The molecule has 3 nitrogen and oxygen atoms in total. The number of nitrogens with zero attached hydrogens (tertiary/aromatic N) is 2. The minimum atomic E-state index is 0.0911. The molecule has 0 aliphatic heterocycles. The lowest BCUT2D eigenvalue weighted by Gasteiger charge is -2.21. The molecule has 0 bridgehead atoms. The highest BCUT2D eigenvalue weighted by Crippen LogP contribution is 2.32. The maximum Gasteiger partial charge on any atom is 0.138 e. The number of hydrogen-bond donors (Lipinski definition) is 1. The van der Waals surface area contributed by atoms with E-state index in [4.69, 9.17) is 0 Å². The summed E-state index contributed by atoms with van der Waals surface area (Å²) in [7, 11) is 0. The van der Waals surface area contributed by atoms with Gasteiger partial charge in [-0.05, 0) is 17.0 Å². The van der Waals surface area contributed by atoms with Crippen molar-refractivity contribution in [3.63, 3.8) is 0 Å². The molecule has 1 aromatic carbocycles. The van der Waals surface area contributed by atoms with Crippen molar-refractivity contribution in [2.24, 2.45) is 0 Å². The monoisotopic (exact) mass is 251 g/mol. The largest absolute Gasteiger partial charge is 0.337 e. The van der Waals surface area contributed by atoms with Crippen LogP contribution in [0.4, 0.5) is 0 Å². The molecule has 0 aliphatic rings. The van der Waals surface area contributed by atoms with Gasteiger partial charge in [0, 0.05) is 11.8 Å². The van der Waals surface area contributed by atoms with Gasteiger partial charge in [-0.3, -0.25) is 4.98 Å². The fourth-order valence-corrected chi connectivity index (χ4v) is 2.33. The third-order valence-electron chi connectivity index (χ3n) is 3.27. The predicted octanol–water partition coefficient (Wildman–Crippen LogP) is 3.92. The van der Waals surface area contributed by atoms with Crippen LogP contribution >= 0.6 is 0 Å². The van der Waals surface area contributed by atoms with Gasteiger partial charge in [0.2, 0.25) is 0 Å². The highest BCUT2D eigenvalue weighted by molar-refractivity contribution is 5.79. The summed E-state index contributed by atoms with van der Waals surface area (Å²) in [4.78, 5) is 12.1. The molecule has 3 heteroatoms. The van der Waals surface area contributed by atoms with Crippen molar-refractivity contribution < 1.29 is 0 Å². The molecule has 0 atom stereocenters. The van der Waals surface area contributed by atoms with E-state index in [9.17, 15) is 0 Å². The number of fused-ring (bicyclic) bond motifs is 1. The first-order valence-electron chi connectivity index (χ1n) is 6.45. The Balaban J connectivity index is 2.22. The number of rotatable bonds is 1. The Kier molecular flexibility index (Phi) is 2.63. The van der Waals surface area contributed by atoms with Gasteiger partial charge in [0.15, 0.2) is 0 Å². The van der Waals surface area contributed by atoms with Gasteiger partial charge >= 0.3 is 0 Å². The van der Waals surface area contributed by atoms with Gasteiger partial charge in [0.25, 0.3) is 0 Å². The molecule has 1 N–H and O–H groups in total. The molecule has 3 rings (SSSR count). The molecular formula is C16H17N3. The summed E-state index contributed by atoms with van der Waals surface area (Å²) in [5, 5.41) is 0. The van der Waals surface area contributed by atoms with Crippen molar-refractivity contribution in [3.05, 3.63) is 48.3 Å². The first-order valence-corrected chi connectivity index (χ1v) is 6.45. The van der Waals surface area contributed by atoms with Crippen LogP contribution in [0.1, 0.15) is 26.3 Å². The van der Waals surface area contributed by atoms with Crippen molar-refractivity contribution in [1.82, 2.24) is 15.0 Å². The van der Waals surface area contributed by atoms with E-state index < -0.39 is 0 Å². The summed E-state index contributed by atoms with van der Waals surface area (Å²) in [6, 6.07) is 10.3. The Morgan fingerprint density at radius 3 is 2.58 bits per heavy atom. The molecular weight excluding hydrogens is 234 g/mol. The first-order chi connectivity index (χ1) is 9.05. The second-order valence-corrected chi connectivity index (χ2v) is 5.77. The lowest BCUT2D eigenvalue weighted by molar-refractivity contribution is 0.591. The van der Waals surface area contributed by atoms with Gasteiger partial charge in [-0.25, -0.2) is 4.98 Å². The van der Waals surface area contributed by atoms with E-state index >= 15 is 0 Å². The Hall–Kier alpha value is -2.16. The molecule has 19 heavy (non-hydrogen) atoms. The summed E-state index contributed by atoms with van der Waals surface area (Å²) in [6.45, 7) is 6.65. The molecule has 2 aromatic heterocycles. The van der Waals surface area contributed by atoms with Crippen molar-refractivity contribution in [2.75, 3.05) is 0 Å². The minimum Gasteiger partial charge on any atom is -0.337 e. The number of imidazole rings is 1. The van der Waals surface area contributed by atoms with E-state index in [-0.39, 0.29) is 5.41 Å². The summed E-state index contributed by atoms with van der Waals surface area (Å²) in [5.41, 5.74) is 4.47. The van der Waals surface area contributed by atoms with Gasteiger partial charge < -0.3 is 4.98 Å². The third-order valence-corrected chi connectivity index (χ3v) is 3.27. The molecule has 3 aromatic rings. The summed E-state index contributed by atoms with van der Waals surface area (Å²) in [5.74, 6) is 0.911. The molecule has 0 fully saturated rings. The molecule has 0 aliphatic carbocycles. The molecule has 0 radical (unpaired) electrons. The van der Waals surface area contributed by atoms with E-state index in [1.165, 1.54) is 5.56 Å². The number of hydrogen-bond acceptors (Lipinski definition) is 2. The van der Waals surface area contributed by atoms with Crippen molar-refractivity contribution in [1.29, 1.82) is 0 Å². The number of H-pyrrole nitrogens is 1. The van der Waals surface area contributed by atoms with Crippen LogP contribution < -0.4 is 0 Å². The lowest BCUT2D eigenvalue weighted by atomic mass is 9.83. The number of nitrogens with one attached hydrogen (secondary N) is 1. The molecule has 96 valence electrons. The van der Waals surface area contributed by atoms with Gasteiger partial charge in [0.05, 0.1) is 17.2 Å². The normalized spacial score (nSPS) is 11.9. The zero-order chi connectivity index (χ0) is 13.5. The van der Waals surface area contributed by atoms with Crippen LogP contribution in [0.5, 0.6) is 0 Å². The SMILES string of the molecule is CC(C)(C)c1ccccc1-c1nc2ccncc2[nH]1. The molecule has 2 heterocycles. The van der Waals surface area contributed by atoms with E-state index in [0.717, 1.165) is 22.4 Å². The summed E-state index contributed by atoms with van der Waals surface area (Å²) >= 11 is 0. The topological polar surface area (TPSA) is 41.6 Å². The van der Waals surface area contributed by atoms with Crippen molar-refractivity contribution in [2.45, 2.75) is 26.2 Å². The Bertz CT molecular complexity index is 687. The second kappa shape index (κ2) is 4.19. The van der Waals surface area contributed by atoms with Gasteiger partial charge in [-0.15, -0.1) is 0 Å². The number of aromatic amines is 1. The second-order valence-electron chi connectivity index (χ2n) is 5.77. The quantitative estimate of drug-likeness (QED) is 0.712. The number of benzene rings is 1. The van der Waals surface area contributed by atoms with Crippen molar-refractivity contribution in [3.8, 4) is 11.4 Å². The van der Waals surface area contributed by atoms with E-state index in [1.54, 1.807) is 6.20 Å². The zero-order valence-corrected chi connectivity index (χ0v) is 11.4. The van der Waals surface area contributed by atoms with Crippen LogP contribution in [0.15, 0.2) is 42.7 Å². The summed E-state index contributed by atoms with van der Waals surface area (Å²) < 4.78 is 0. The standard InChI is InChI=1S/C16H17N3/c1-16(2,3)12-7-5-4-6-11(12)15-18-13-8-9-17-10-14(13)19-15/h4-10H,1-3H3,(H,18,19). The Labute approximate surface area is 112 Å². The average molecular weight is 251 g/mol. The lowest BCUT2D eigenvalue weighted by Crippen LogP contribution is -2.12. The molecule has 0 unspecified atom stereocenters. The highest BCUT2D eigenvalue weighted by atomic mass is 14.9. The fourth-order valence-electron chi connectivity index (χ4n) is 2.33. The van der Waals surface area contributed by atoms with E-state index in [1.807, 2.05) is 12.3 Å². The van der Waals surface area contributed by atoms with Crippen LogP contribution in [0.3, 0.4) is 0 Å². The minimum absolute atomic E-state index is 0.0911. The average Bonchev–Trinajstić information content (AvgIpc) is 2.81. The molecule has 0 saturated heterocycles. The zero-order valence-electron chi connectivity index (χ0n) is 11.4. The van der Waals surface area contributed by atoms with Crippen LogP contribution in [0.25, 0.3) is 22.4 Å². The Morgan fingerprint density at radius 1 is 1.05 bits per heavy atom. The molecule has 0 saturated carbocycles. The molecule has 0 spiro atoms. The van der Waals surface area contributed by atoms with Crippen LogP contribution in [-0.4, -0.2) is 15.0 Å². The predicted molar refractivity (Wildman–Crippen MR) is 78.0 cm³/mol. The summed E-state index contributed by atoms with van der Waals surface area (Å²) in [6.07, 6.45) is 3.58. The van der Waals surface area contributed by atoms with Gasteiger partial charge in [-0.1, -0.05) is 45.0 Å². The number of pyridine rings is 1. The van der Waals surface area contributed by atoms with E-state index in [0.29, 0.717) is 0 Å². The van der Waals surface area contributed by atoms with Crippen LogP contribution in [-0.2, 0) is 5.41 Å². The van der Waals surface area contributed by atoms with Crippen molar-refractivity contribution >= 4 is 11.0 Å². The van der Waals surface area contributed by atoms with Crippen LogP contribution in [0.2, 0.25) is 0 Å². The first kappa shape index (κ1) is 11.9. The highest BCUT2D eigenvalue weighted by Gasteiger charge is 2.19. The van der Waals surface area contributed by atoms with Gasteiger partial charge in [0.1, 0.15) is 5.82 Å². The van der Waals surface area contributed by atoms with Gasteiger partial charge in [-0.2, -0.15) is 0 Å². The fraction of sp³-hybridized carbons (Fsp3) is 0.250. The smallest absolute Gasteiger partial charge is 0.138 e. The maximum absolute atomic E-state index is 4.66. The van der Waals surface area contributed by atoms with E-state index in [2.05, 4.69) is 60.0 Å². The third kappa shape index (κ3) is 2.12. The van der Waals surface area contributed by atoms with Crippen LogP contribution in [0, 0.1) is 0 Å². The maximum atomic E-state index is 4.66.